The van der Waals surface area contributed by atoms with E-state index in [-0.39, 0.29) is 5.91 Å². The van der Waals surface area contributed by atoms with Crippen LogP contribution in [0.4, 0.5) is 0 Å². The molecule has 5 heteroatoms. The molecule has 3 rings (SSSR count). The summed E-state index contributed by atoms with van der Waals surface area (Å²) in [7, 11) is 0. The topological polar surface area (TPSA) is 43.9 Å². The predicted octanol–water partition coefficient (Wildman–Crippen LogP) is 3.00. The lowest BCUT2D eigenvalue weighted by Gasteiger charge is -2.38. The number of amides is 2. The Morgan fingerprint density at radius 2 is 1.44 bits per heavy atom. The number of rotatable bonds is 5. The van der Waals surface area contributed by atoms with Crippen molar-refractivity contribution in [2.24, 2.45) is 17.8 Å². The molecule has 3 aliphatic rings. The Morgan fingerprint density at radius 3 is 2.04 bits per heavy atom. The maximum absolute atomic E-state index is 12.7. The Bertz CT molecular complexity index is 486. The Kier molecular flexibility index (Phi) is 7.57. The first-order chi connectivity index (χ1) is 13.0. The van der Waals surface area contributed by atoms with E-state index in [9.17, 15) is 9.59 Å². The lowest BCUT2D eigenvalue weighted by Crippen LogP contribution is -2.50. The highest BCUT2D eigenvalue weighted by molar-refractivity contribution is 5.79. The second-order valence-corrected chi connectivity index (χ2v) is 9.22. The second-order valence-electron chi connectivity index (χ2n) is 9.22. The number of likely N-dealkylation sites (tertiary alicyclic amines) is 1. The van der Waals surface area contributed by atoms with E-state index in [1.54, 1.807) is 6.92 Å². The van der Waals surface area contributed by atoms with Gasteiger partial charge in [-0.25, -0.2) is 0 Å². The van der Waals surface area contributed by atoms with Gasteiger partial charge in [0.2, 0.25) is 11.8 Å². The van der Waals surface area contributed by atoms with Crippen LogP contribution < -0.4 is 0 Å². The largest absolute Gasteiger partial charge is 0.343 e. The molecule has 0 spiro atoms. The van der Waals surface area contributed by atoms with Gasteiger partial charge in [0.15, 0.2) is 0 Å². The summed E-state index contributed by atoms with van der Waals surface area (Å²) in [5, 5.41) is 0. The summed E-state index contributed by atoms with van der Waals surface area (Å²) in [6.45, 7) is 11.0. The summed E-state index contributed by atoms with van der Waals surface area (Å²) >= 11 is 0. The molecule has 0 N–H and O–H groups in total. The van der Waals surface area contributed by atoms with Crippen molar-refractivity contribution in [3.63, 3.8) is 0 Å². The van der Waals surface area contributed by atoms with Gasteiger partial charge in [-0.1, -0.05) is 6.92 Å². The van der Waals surface area contributed by atoms with E-state index >= 15 is 0 Å². The number of hydrogen-bond acceptors (Lipinski definition) is 3. The minimum absolute atomic E-state index is 0.226. The minimum atomic E-state index is 0.226. The fourth-order valence-corrected chi connectivity index (χ4v) is 5.10. The second kappa shape index (κ2) is 9.90. The Balaban J connectivity index is 1.29. The highest BCUT2D eigenvalue weighted by Crippen LogP contribution is 2.30. The molecule has 2 aliphatic heterocycles. The maximum Gasteiger partial charge on any atom is 0.225 e. The Labute approximate surface area is 165 Å². The zero-order valence-corrected chi connectivity index (χ0v) is 17.5. The quantitative estimate of drug-likeness (QED) is 0.740. The van der Waals surface area contributed by atoms with Crippen LogP contribution in [0.15, 0.2) is 0 Å². The van der Waals surface area contributed by atoms with Crippen LogP contribution in [0, 0.1) is 17.8 Å². The van der Waals surface area contributed by atoms with E-state index in [1.807, 2.05) is 4.90 Å². The Morgan fingerprint density at radius 1 is 0.815 bits per heavy atom. The molecule has 0 radical (unpaired) electrons. The van der Waals surface area contributed by atoms with E-state index < -0.39 is 0 Å². The van der Waals surface area contributed by atoms with Crippen LogP contribution in [0.1, 0.15) is 65.2 Å². The van der Waals surface area contributed by atoms with Crippen LogP contribution in [0.3, 0.4) is 0 Å². The molecule has 0 aromatic carbocycles. The van der Waals surface area contributed by atoms with Gasteiger partial charge in [-0.3, -0.25) is 14.5 Å². The summed E-state index contributed by atoms with van der Waals surface area (Å²) in [5.41, 5.74) is 0. The molecule has 2 saturated heterocycles. The zero-order chi connectivity index (χ0) is 19.2. The van der Waals surface area contributed by atoms with Crippen molar-refractivity contribution in [2.75, 3.05) is 45.8 Å². The summed E-state index contributed by atoms with van der Waals surface area (Å²) < 4.78 is 0. The van der Waals surface area contributed by atoms with E-state index in [4.69, 9.17) is 0 Å². The normalized spacial score (nSPS) is 28.4. The standard InChI is InChI=1S/C22H39N3O2/c1-18-5-7-21(8-6-18)22(27)25-16-14-23(15-17-25)11-3-4-20-9-12-24(13-10-20)19(2)26/h18,20-21H,3-17H2,1-2H3. The molecule has 5 nitrogen and oxygen atoms in total. The molecule has 0 aromatic rings. The lowest BCUT2D eigenvalue weighted by molar-refractivity contribution is -0.138. The third-order valence-electron chi connectivity index (χ3n) is 7.20. The lowest BCUT2D eigenvalue weighted by atomic mass is 9.82. The monoisotopic (exact) mass is 377 g/mol. The third-order valence-corrected chi connectivity index (χ3v) is 7.20. The molecule has 0 unspecified atom stereocenters. The molecule has 27 heavy (non-hydrogen) atoms. The fraction of sp³-hybridized carbons (Fsp3) is 0.909. The first-order valence-corrected chi connectivity index (χ1v) is 11.3. The number of nitrogens with zero attached hydrogens (tertiary/aromatic N) is 3. The molecule has 0 bridgehead atoms. The predicted molar refractivity (Wildman–Crippen MR) is 108 cm³/mol. The van der Waals surface area contributed by atoms with Crippen molar-refractivity contribution in [1.29, 1.82) is 0 Å². The number of piperazine rings is 1. The van der Waals surface area contributed by atoms with Crippen LogP contribution >= 0.6 is 0 Å². The molecule has 1 saturated carbocycles. The number of carbonyl (C=O) groups excluding carboxylic acids is 2. The smallest absolute Gasteiger partial charge is 0.225 e. The van der Waals surface area contributed by atoms with Crippen LogP contribution in [0.2, 0.25) is 0 Å². The molecule has 1 aliphatic carbocycles. The number of hydrogen-bond donors (Lipinski definition) is 0. The molecule has 2 heterocycles. The maximum atomic E-state index is 12.7. The zero-order valence-electron chi connectivity index (χ0n) is 17.5. The van der Waals surface area contributed by atoms with Crippen molar-refractivity contribution in [1.82, 2.24) is 14.7 Å². The van der Waals surface area contributed by atoms with E-state index in [2.05, 4.69) is 16.7 Å². The highest BCUT2D eigenvalue weighted by atomic mass is 16.2. The highest BCUT2D eigenvalue weighted by Gasteiger charge is 2.30. The van der Waals surface area contributed by atoms with Crippen molar-refractivity contribution >= 4 is 11.8 Å². The average molecular weight is 378 g/mol. The molecule has 3 fully saturated rings. The van der Waals surface area contributed by atoms with Crippen LogP contribution in [-0.4, -0.2) is 72.3 Å². The Hall–Kier alpha value is -1.10. The van der Waals surface area contributed by atoms with Gasteiger partial charge in [0, 0.05) is 52.1 Å². The van der Waals surface area contributed by atoms with Gasteiger partial charge in [0.25, 0.3) is 0 Å². The van der Waals surface area contributed by atoms with Gasteiger partial charge in [-0.2, -0.15) is 0 Å². The van der Waals surface area contributed by atoms with Crippen LogP contribution in [0.5, 0.6) is 0 Å². The average Bonchev–Trinajstić information content (AvgIpc) is 2.69. The van der Waals surface area contributed by atoms with Gasteiger partial charge in [0.1, 0.15) is 0 Å². The summed E-state index contributed by atoms with van der Waals surface area (Å²) in [5.74, 6) is 2.55. The summed E-state index contributed by atoms with van der Waals surface area (Å²) in [6, 6.07) is 0. The van der Waals surface area contributed by atoms with Gasteiger partial charge in [0.05, 0.1) is 0 Å². The third kappa shape index (κ3) is 5.94. The number of piperidine rings is 1. The fourth-order valence-electron chi connectivity index (χ4n) is 5.10. The SMILES string of the molecule is CC(=O)N1CCC(CCCN2CCN(C(=O)C3CCC(C)CC3)CC2)CC1. The molecule has 0 atom stereocenters. The van der Waals surface area contributed by atoms with Crippen molar-refractivity contribution in [3.8, 4) is 0 Å². The first-order valence-electron chi connectivity index (χ1n) is 11.3. The molecular weight excluding hydrogens is 338 g/mol. The van der Waals surface area contributed by atoms with E-state index in [1.165, 1.54) is 38.5 Å². The van der Waals surface area contributed by atoms with Crippen molar-refractivity contribution < 1.29 is 9.59 Å². The minimum Gasteiger partial charge on any atom is -0.343 e. The molecular formula is C22H39N3O2. The van der Waals surface area contributed by atoms with Gasteiger partial charge < -0.3 is 9.80 Å². The van der Waals surface area contributed by atoms with E-state index in [0.29, 0.717) is 11.8 Å². The molecule has 0 aromatic heterocycles. The van der Waals surface area contributed by atoms with Gasteiger partial charge in [-0.15, -0.1) is 0 Å². The van der Waals surface area contributed by atoms with Crippen molar-refractivity contribution in [3.05, 3.63) is 0 Å². The van der Waals surface area contributed by atoms with Gasteiger partial charge in [-0.05, 0) is 69.7 Å². The van der Waals surface area contributed by atoms with Crippen LogP contribution in [-0.2, 0) is 9.59 Å². The summed E-state index contributed by atoms with van der Waals surface area (Å²) in [6.07, 6.45) is 9.52. The number of carbonyl (C=O) groups is 2. The van der Waals surface area contributed by atoms with Gasteiger partial charge >= 0.3 is 0 Å². The van der Waals surface area contributed by atoms with E-state index in [0.717, 1.165) is 70.5 Å². The van der Waals surface area contributed by atoms with Crippen molar-refractivity contribution in [2.45, 2.75) is 65.2 Å². The first kappa shape index (κ1) is 20.6. The molecule has 2 amide bonds. The molecule has 154 valence electrons. The van der Waals surface area contributed by atoms with Crippen LogP contribution in [0.25, 0.3) is 0 Å². The summed E-state index contributed by atoms with van der Waals surface area (Å²) in [4.78, 5) is 30.8.